The fourth-order valence-electron chi connectivity index (χ4n) is 3.12. The lowest BCUT2D eigenvalue weighted by atomic mass is 9.77. The summed E-state index contributed by atoms with van der Waals surface area (Å²) < 4.78 is 37.5. The molecule has 1 N–H and O–H groups in total. The molecule has 2 saturated heterocycles. The Hall–Kier alpha value is -1.63. The maximum absolute atomic E-state index is 12.5. The van der Waals surface area contributed by atoms with Gasteiger partial charge in [-0.3, -0.25) is 4.79 Å². The van der Waals surface area contributed by atoms with Crippen molar-refractivity contribution in [2.75, 3.05) is 24.5 Å². The van der Waals surface area contributed by atoms with Crippen LogP contribution >= 0.6 is 0 Å². The van der Waals surface area contributed by atoms with Crippen molar-refractivity contribution in [1.29, 1.82) is 0 Å². The number of hydrogen-bond acceptors (Lipinski definition) is 3. The average molecular weight is 299 g/mol. The van der Waals surface area contributed by atoms with Gasteiger partial charge in [-0.1, -0.05) is 0 Å². The lowest BCUT2D eigenvalue weighted by molar-refractivity contribution is -0.141. The molecule has 1 atom stereocenters. The molecule has 2 fully saturated rings. The van der Waals surface area contributed by atoms with Gasteiger partial charge in [0.15, 0.2) is 0 Å². The number of hydrogen-bond donors (Lipinski definition) is 1. The Morgan fingerprint density at radius 1 is 1.29 bits per heavy atom. The van der Waals surface area contributed by atoms with Gasteiger partial charge in [-0.2, -0.15) is 13.2 Å². The third-order valence-corrected chi connectivity index (χ3v) is 4.38. The predicted molar refractivity (Wildman–Crippen MR) is 70.7 cm³/mol. The van der Waals surface area contributed by atoms with Gasteiger partial charge in [-0.05, 0) is 36.9 Å². The highest BCUT2D eigenvalue weighted by Crippen LogP contribution is 2.39. The molecule has 3 heterocycles. The minimum absolute atomic E-state index is 0.0346. The van der Waals surface area contributed by atoms with E-state index >= 15 is 0 Å². The standard InChI is InChI=1S/C14H16F3N3O/c15-14(16,17)11-2-1-10(8-19-11)20-6-4-13(7-12(20)21)3-5-18-9-13/h1-2,8,18H,3-7,9H2. The molecule has 1 amide bonds. The predicted octanol–water partition coefficient (Wildman–Crippen LogP) is 2.21. The topological polar surface area (TPSA) is 45.2 Å². The van der Waals surface area contributed by atoms with Crippen molar-refractivity contribution >= 4 is 11.6 Å². The molecule has 0 radical (unpaired) electrons. The first-order chi connectivity index (χ1) is 9.90. The van der Waals surface area contributed by atoms with Crippen LogP contribution in [0.1, 0.15) is 25.0 Å². The van der Waals surface area contributed by atoms with Crippen LogP contribution in [0.25, 0.3) is 0 Å². The molecule has 2 aliphatic heterocycles. The Balaban J connectivity index is 1.74. The number of pyridine rings is 1. The van der Waals surface area contributed by atoms with Crippen molar-refractivity contribution in [2.45, 2.75) is 25.4 Å². The molecule has 0 saturated carbocycles. The van der Waals surface area contributed by atoms with Crippen molar-refractivity contribution in [2.24, 2.45) is 5.41 Å². The van der Waals surface area contributed by atoms with E-state index in [9.17, 15) is 18.0 Å². The van der Waals surface area contributed by atoms with E-state index in [1.807, 2.05) is 0 Å². The second-order valence-electron chi connectivity index (χ2n) is 5.80. The molecule has 1 unspecified atom stereocenters. The second-order valence-corrected chi connectivity index (χ2v) is 5.80. The molecule has 114 valence electrons. The van der Waals surface area contributed by atoms with Crippen LogP contribution in [0.2, 0.25) is 0 Å². The van der Waals surface area contributed by atoms with Gasteiger partial charge in [-0.15, -0.1) is 0 Å². The third-order valence-electron chi connectivity index (χ3n) is 4.38. The fourth-order valence-corrected chi connectivity index (χ4v) is 3.12. The SMILES string of the molecule is O=C1CC2(CCNC2)CCN1c1ccc(C(F)(F)F)nc1. The van der Waals surface area contributed by atoms with E-state index in [1.165, 1.54) is 11.0 Å². The van der Waals surface area contributed by atoms with Crippen molar-refractivity contribution in [3.05, 3.63) is 24.0 Å². The van der Waals surface area contributed by atoms with Crippen molar-refractivity contribution in [1.82, 2.24) is 10.3 Å². The summed E-state index contributed by atoms with van der Waals surface area (Å²) in [5, 5.41) is 3.27. The van der Waals surface area contributed by atoms with Gasteiger partial charge in [0.05, 0.1) is 11.9 Å². The summed E-state index contributed by atoms with van der Waals surface area (Å²) in [4.78, 5) is 17.2. The zero-order valence-corrected chi connectivity index (χ0v) is 11.4. The quantitative estimate of drug-likeness (QED) is 0.865. The minimum Gasteiger partial charge on any atom is -0.316 e. The van der Waals surface area contributed by atoms with Gasteiger partial charge in [-0.25, -0.2) is 4.98 Å². The van der Waals surface area contributed by atoms with Gasteiger partial charge < -0.3 is 10.2 Å². The van der Waals surface area contributed by atoms with Gasteiger partial charge in [0.2, 0.25) is 5.91 Å². The molecule has 2 aliphatic rings. The summed E-state index contributed by atoms with van der Waals surface area (Å²) in [5.74, 6) is -0.0356. The number of carbonyl (C=O) groups excluding carboxylic acids is 1. The lowest BCUT2D eigenvalue weighted by Gasteiger charge is -2.38. The Bertz CT molecular complexity index is 535. The summed E-state index contributed by atoms with van der Waals surface area (Å²) in [6.45, 7) is 2.31. The summed E-state index contributed by atoms with van der Waals surface area (Å²) in [5.41, 5.74) is -0.464. The highest BCUT2D eigenvalue weighted by molar-refractivity contribution is 5.94. The monoisotopic (exact) mass is 299 g/mol. The number of amides is 1. The molecule has 0 aliphatic carbocycles. The van der Waals surface area contributed by atoms with E-state index in [1.54, 1.807) is 0 Å². The minimum atomic E-state index is -4.45. The van der Waals surface area contributed by atoms with E-state index < -0.39 is 11.9 Å². The Morgan fingerprint density at radius 3 is 2.62 bits per heavy atom. The third kappa shape index (κ3) is 2.74. The normalized spacial score (nSPS) is 26.6. The maximum Gasteiger partial charge on any atom is 0.433 e. The molecule has 4 nitrogen and oxygen atoms in total. The van der Waals surface area contributed by atoms with Crippen LogP contribution in [0.5, 0.6) is 0 Å². The number of halogens is 3. The number of anilines is 1. The van der Waals surface area contributed by atoms with Crippen LogP contribution in [-0.4, -0.2) is 30.5 Å². The van der Waals surface area contributed by atoms with Crippen LogP contribution in [0.3, 0.4) is 0 Å². The zero-order chi connectivity index (χ0) is 15.1. The van der Waals surface area contributed by atoms with Crippen LogP contribution < -0.4 is 10.2 Å². The maximum atomic E-state index is 12.5. The first-order valence-corrected chi connectivity index (χ1v) is 6.94. The van der Waals surface area contributed by atoms with Gasteiger partial charge >= 0.3 is 6.18 Å². The molecule has 7 heteroatoms. The number of alkyl halides is 3. The molecule has 1 spiro atoms. The summed E-state index contributed by atoms with van der Waals surface area (Å²) >= 11 is 0. The summed E-state index contributed by atoms with van der Waals surface area (Å²) in [7, 11) is 0. The van der Waals surface area contributed by atoms with Gasteiger partial charge in [0.1, 0.15) is 5.69 Å². The molecule has 1 aromatic heterocycles. The van der Waals surface area contributed by atoms with E-state index in [0.29, 0.717) is 18.7 Å². The van der Waals surface area contributed by atoms with E-state index in [-0.39, 0.29) is 11.3 Å². The van der Waals surface area contributed by atoms with Gasteiger partial charge in [0, 0.05) is 19.5 Å². The largest absolute Gasteiger partial charge is 0.433 e. The summed E-state index contributed by atoms with van der Waals surface area (Å²) in [6, 6.07) is 2.24. The van der Waals surface area contributed by atoms with E-state index in [2.05, 4.69) is 10.3 Å². The molecule has 0 bridgehead atoms. The Kier molecular flexibility index (Phi) is 3.39. The molecular weight excluding hydrogens is 283 g/mol. The molecule has 0 aromatic carbocycles. The smallest absolute Gasteiger partial charge is 0.316 e. The highest BCUT2D eigenvalue weighted by atomic mass is 19.4. The summed E-state index contributed by atoms with van der Waals surface area (Å²) in [6.07, 6.45) is -1.03. The first kappa shape index (κ1) is 14.3. The first-order valence-electron chi connectivity index (χ1n) is 6.94. The highest BCUT2D eigenvalue weighted by Gasteiger charge is 2.41. The van der Waals surface area contributed by atoms with Crippen LogP contribution in [0.15, 0.2) is 18.3 Å². The molecule has 21 heavy (non-hydrogen) atoms. The molecule has 1 aromatic rings. The van der Waals surface area contributed by atoms with Crippen molar-refractivity contribution < 1.29 is 18.0 Å². The van der Waals surface area contributed by atoms with Crippen LogP contribution in [-0.2, 0) is 11.0 Å². The van der Waals surface area contributed by atoms with E-state index in [0.717, 1.165) is 38.2 Å². The second kappa shape index (κ2) is 4.98. The van der Waals surface area contributed by atoms with Crippen LogP contribution in [0, 0.1) is 5.41 Å². The van der Waals surface area contributed by atoms with Crippen molar-refractivity contribution in [3.8, 4) is 0 Å². The van der Waals surface area contributed by atoms with Gasteiger partial charge in [0.25, 0.3) is 0 Å². The van der Waals surface area contributed by atoms with Crippen LogP contribution in [0.4, 0.5) is 18.9 Å². The Morgan fingerprint density at radius 2 is 2.10 bits per heavy atom. The fraction of sp³-hybridized carbons (Fsp3) is 0.571. The number of piperidine rings is 1. The lowest BCUT2D eigenvalue weighted by Crippen LogP contribution is -2.45. The molecular formula is C14H16F3N3O. The average Bonchev–Trinajstić information content (AvgIpc) is 2.86. The number of nitrogens with zero attached hydrogens (tertiary/aromatic N) is 2. The number of rotatable bonds is 1. The van der Waals surface area contributed by atoms with E-state index in [4.69, 9.17) is 0 Å². The van der Waals surface area contributed by atoms with Crippen molar-refractivity contribution in [3.63, 3.8) is 0 Å². The number of carbonyl (C=O) groups is 1. The zero-order valence-electron chi connectivity index (χ0n) is 11.4. The number of aromatic nitrogens is 1. The number of nitrogens with one attached hydrogen (secondary N) is 1. The Labute approximate surface area is 120 Å². The molecule has 3 rings (SSSR count).